The van der Waals surface area contributed by atoms with Gasteiger partial charge in [-0.1, -0.05) is 11.6 Å². The molecule has 3 heterocycles. The predicted octanol–water partition coefficient (Wildman–Crippen LogP) is 2.81. The zero-order valence-corrected chi connectivity index (χ0v) is 17.6. The molecular formula is C17H26ClIN4O2. The summed E-state index contributed by atoms with van der Waals surface area (Å²) in [5.41, 5.74) is 0.328. The molecule has 1 aromatic rings. The highest BCUT2D eigenvalue weighted by molar-refractivity contribution is 14.0. The maximum atomic E-state index is 6.03. The predicted molar refractivity (Wildman–Crippen MR) is 110 cm³/mol. The third-order valence-electron chi connectivity index (χ3n) is 4.57. The number of halogens is 2. The number of hydrogen-bond acceptors (Lipinski definition) is 4. The van der Waals surface area contributed by atoms with Crippen LogP contribution in [-0.2, 0) is 4.74 Å². The Morgan fingerprint density at radius 1 is 1.52 bits per heavy atom. The minimum atomic E-state index is 0. The number of ether oxygens (including phenoxy) is 2. The number of aromatic nitrogens is 1. The van der Waals surface area contributed by atoms with Crippen molar-refractivity contribution in [3.8, 4) is 5.88 Å². The quantitative estimate of drug-likeness (QED) is 0.304. The van der Waals surface area contributed by atoms with Crippen LogP contribution in [0.15, 0.2) is 23.3 Å². The van der Waals surface area contributed by atoms with E-state index in [1.807, 2.05) is 0 Å². The van der Waals surface area contributed by atoms with Crippen LogP contribution in [0.4, 0.5) is 0 Å². The average molecular weight is 481 g/mol. The Morgan fingerprint density at radius 3 is 3.12 bits per heavy atom. The van der Waals surface area contributed by atoms with Crippen molar-refractivity contribution in [1.82, 2.24) is 15.2 Å². The van der Waals surface area contributed by atoms with Crippen molar-refractivity contribution >= 4 is 41.5 Å². The fraction of sp³-hybridized carbons (Fsp3) is 0.647. The van der Waals surface area contributed by atoms with Crippen LogP contribution in [-0.4, -0.2) is 61.8 Å². The van der Waals surface area contributed by atoms with Crippen LogP contribution >= 0.6 is 35.6 Å². The van der Waals surface area contributed by atoms with E-state index in [0.29, 0.717) is 29.5 Å². The Bertz CT molecular complexity index is 582. The summed E-state index contributed by atoms with van der Waals surface area (Å²) in [4.78, 5) is 11.1. The van der Waals surface area contributed by atoms with Crippen molar-refractivity contribution in [3.63, 3.8) is 0 Å². The van der Waals surface area contributed by atoms with Crippen molar-refractivity contribution < 1.29 is 9.47 Å². The Labute approximate surface area is 171 Å². The van der Waals surface area contributed by atoms with Gasteiger partial charge in [0.25, 0.3) is 0 Å². The molecule has 2 aliphatic heterocycles. The number of guanidine groups is 1. The molecule has 2 fully saturated rings. The normalized spacial score (nSPS) is 23.0. The molecule has 1 atom stereocenters. The van der Waals surface area contributed by atoms with Crippen LogP contribution < -0.4 is 10.1 Å². The fourth-order valence-corrected chi connectivity index (χ4v) is 3.46. The van der Waals surface area contributed by atoms with Crippen LogP contribution in [0, 0.1) is 5.41 Å². The minimum Gasteiger partial charge on any atom is -0.475 e. The van der Waals surface area contributed by atoms with E-state index in [4.69, 9.17) is 21.1 Å². The summed E-state index contributed by atoms with van der Waals surface area (Å²) in [7, 11) is 0. The summed E-state index contributed by atoms with van der Waals surface area (Å²) in [6.07, 6.45) is 4.00. The van der Waals surface area contributed by atoms with Crippen molar-refractivity contribution in [2.45, 2.75) is 19.8 Å². The molecular weight excluding hydrogens is 455 g/mol. The highest BCUT2D eigenvalue weighted by atomic mass is 127. The van der Waals surface area contributed by atoms with Gasteiger partial charge in [-0.05, 0) is 31.9 Å². The second-order valence-corrected chi connectivity index (χ2v) is 6.76. The first kappa shape index (κ1) is 20.5. The molecule has 0 aliphatic carbocycles. The molecule has 0 amide bonds. The molecule has 1 unspecified atom stereocenters. The Balaban J connectivity index is 0.00000225. The van der Waals surface area contributed by atoms with Gasteiger partial charge in [-0.3, -0.25) is 0 Å². The summed E-state index contributed by atoms with van der Waals surface area (Å²) in [5.74, 6) is 1.42. The molecule has 0 bridgehead atoms. The summed E-state index contributed by atoms with van der Waals surface area (Å²) < 4.78 is 11.2. The highest BCUT2D eigenvalue weighted by Gasteiger charge is 2.42. The average Bonchev–Trinajstić information content (AvgIpc) is 3.22. The van der Waals surface area contributed by atoms with Crippen molar-refractivity contribution in [1.29, 1.82) is 0 Å². The second kappa shape index (κ2) is 9.78. The maximum absolute atomic E-state index is 6.03. The van der Waals surface area contributed by atoms with Crippen LogP contribution in [0.25, 0.3) is 0 Å². The number of nitrogens with zero attached hydrogens (tertiary/aromatic N) is 3. The van der Waals surface area contributed by atoms with Crippen LogP contribution in [0.3, 0.4) is 0 Å². The lowest BCUT2D eigenvalue weighted by molar-refractivity contribution is 0.156. The first-order valence-corrected chi connectivity index (χ1v) is 8.95. The highest BCUT2D eigenvalue weighted by Crippen LogP contribution is 2.38. The van der Waals surface area contributed by atoms with Crippen LogP contribution in [0.2, 0.25) is 5.02 Å². The fourth-order valence-electron chi connectivity index (χ4n) is 3.28. The van der Waals surface area contributed by atoms with Crippen LogP contribution in [0.5, 0.6) is 5.88 Å². The zero-order valence-electron chi connectivity index (χ0n) is 14.5. The van der Waals surface area contributed by atoms with Gasteiger partial charge < -0.3 is 19.7 Å². The molecule has 2 aliphatic rings. The van der Waals surface area contributed by atoms with E-state index >= 15 is 0 Å². The monoisotopic (exact) mass is 480 g/mol. The Kier molecular flexibility index (Phi) is 8.02. The molecule has 140 valence electrons. The number of aliphatic imine (C=N–C) groups is 1. The van der Waals surface area contributed by atoms with Gasteiger partial charge in [-0.25, -0.2) is 9.98 Å². The first-order chi connectivity index (χ1) is 11.7. The zero-order chi connectivity index (χ0) is 16.8. The topological polar surface area (TPSA) is 59.0 Å². The molecule has 0 aromatic carbocycles. The SMILES string of the molecule is CCNC(=NCCOc1ncccc1Cl)N1CCC2(CCOC2)C1.I. The molecule has 1 N–H and O–H groups in total. The third kappa shape index (κ3) is 5.34. The smallest absolute Gasteiger partial charge is 0.232 e. The lowest BCUT2D eigenvalue weighted by Gasteiger charge is -2.24. The molecule has 8 heteroatoms. The van der Waals surface area contributed by atoms with Crippen LogP contribution in [0.1, 0.15) is 19.8 Å². The van der Waals surface area contributed by atoms with E-state index in [9.17, 15) is 0 Å². The maximum Gasteiger partial charge on any atom is 0.232 e. The van der Waals surface area contributed by atoms with Gasteiger partial charge in [0.1, 0.15) is 11.6 Å². The molecule has 0 saturated carbocycles. The minimum absolute atomic E-state index is 0. The van der Waals surface area contributed by atoms with Crippen molar-refractivity contribution in [2.24, 2.45) is 10.4 Å². The molecule has 3 rings (SSSR count). The van der Waals surface area contributed by atoms with Gasteiger partial charge in [0.15, 0.2) is 5.96 Å². The summed E-state index contributed by atoms with van der Waals surface area (Å²) in [6, 6.07) is 3.55. The standard InChI is InChI=1S/C17H25ClN4O2.HI/c1-2-19-16(22-9-5-17(12-22)6-10-23-13-17)21-8-11-24-15-14(18)4-3-7-20-15;/h3-4,7H,2,5-6,8-13H2,1H3,(H,19,21);1H. The second-order valence-electron chi connectivity index (χ2n) is 6.35. The number of likely N-dealkylation sites (tertiary alicyclic amines) is 1. The van der Waals surface area contributed by atoms with E-state index in [1.165, 1.54) is 6.42 Å². The van der Waals surface area contributed by atoms with Gasteiger partial charge in [-0.15, -0.1) is 24.0 Å². The van der Waals surface area contributed by atoms with Crippen molar-refractivity contribution in [3.05, 3.63) is 23.4 Å². The van der Waals surface area contributed by atoms with Gasteiger partial charge >= 0.3 is 0 Å². The molecule has 1 spiro atoms. The number of rotatable bonds is 5. The molecule has 6 nitrogen and oxygen atoms in total. The molecule has 2 saturated heterocycles. The summed E-state index contributed by atoms with van der Waals surface area (Å²) in [6.45, 7) is 7.77. The van der Waals surface area contributed by atoms with E-state index < -0.39 is 0 Å². The lowest BCUT2D eigenvalue weighted by Crippen LogP contribution is -2.41. The first-order valence-electron chi connectivity index (χ1n) is 8.57. The molecule has 1 aromatic heterocycles. The Morgan fingerprint density at radius 2 is 2.40 bits per heavy atom. The van der Waals surface area contributed by atoms with E-state index in [2.05, 4.69) is 27.1 Å². The van der Waals surface area contributed by atoms with E-state index in [0.717, 1.165) is 45.2 Å². The number of nitrogens with one attached hydrogen (secondary N) is 1. The van der Waals surface area contributed by atoms with Gasteiger partial charge in [0.2, 0.25) is 5.88 Å². The van der Waals surface area contributed by atoms with Crippen molar-refractivity contribution in [2.75, 3.05) is 46.0 Å². The van der Waals surface area contributed by atoms with Gasteiger partial charge in [-0.2, -0.15) is 0 Å². The third-order valence-corrected chi connectivity index (χ3v) is 4.86. The molecule has 0 radical (unpaired) electrons. The number of pyridine rings is 1. The van der Waals surface area contributed by atoms with E-state index in [-0.39, 0.29) is 24.0 Å². The summed E-state index contributed by atoms with van der Waals surface area (Å²) >= 11 is 6.03. The van der Waals surface area contributed by atoms with E-state index in [1.54, 1.807) is 18.3 Å². The molecule has 25 heavy (non-hydrogen) atoms. The van der Waals surface area contributed by atoms with Gasteiger partial charge in [0.05, 0.1) is 13.2 Å². The van der Waals surface area contributed by atoms with Gasteiger partial charge in [0, 0.05) is 37.9 Å². The lowest BCUT2D eigenvalue weighted by atomic mass is 9.87. The summed E-state index contributed by atoms with van der Waals surface area (Å²) in [5, 5.41) is 3.90. The Hall–Kier alpha value is -0.800. The number of hydrogen-bond donors (Lipinski definition) is 1. The largest absolute Gasteiger partial charge is 0.475 e.